The maximum absolute atomic E-state index is 12.8. The maximum atomic E-state index is 12.8. The molecule has 2 atom stereocenters. The lowest BCUT2D eigenvalue weighted by Crippen LogP contribution is -2.29. The minimum absolute atomic E-state index is 0.0568. The molecule has 85 heavy (non-hydrogen) atoms. The molecular formula is C75H144NO8P. The van der Waals surface area contributed by atoms with Crippen LogP contribution in [0.4, 0.5) is 0 Å². The van der Waals surface area contributed by atoms with Crippen LogP contribution in [0.2, 0.25) is 0 Å². The maximum Gasteiger partial charge on any atom is 0.472 e. The molecule has 0 spiro atoms. The zero-order chi connectivity index (χ0) is 61.6. The Bertz CT molecular complexity index is 1490. The molecular weight excluding hydrogens is 1070 g/mol. The molecule has 0 bridgehead atoms. The van der Waals surface area contributed by atoms with Crippen molar-refractivity contribution < 1.29 is 37.6 Å². The van der Waals surface area contributed by atoms with Gasteiger partial charge in [0.1, 0.15) is 6.61 Å². The smallest absolute Gasteiger partial charge is 0.462 e. The first-order valence-electron chi connectivity index (χ1n) is 37.5. The number of hydrogen-bond acceptors (Lipinski definition) is 8. The summed E-state index contributed by atoms with van der Waals surface area (Å²) < 4.78 is 33.2. The molecule has 0 amide bonds. The van der Waals surface area contributed by atoms with Gasteiger partial charge in [0, 0.05) is 19.4 Å². The summed E-state index contributed by atoms with van der Waals surface area (Å²) in [6, 6.07) is 0. The van der Waals surface area contributed by atoms with Crippen molar-refractivity contribution in [3.8, 4) is 0 Å². The lowest BCUT2D eigenvalue weighted by Gasteiger charge is -2.19. The average molecular weight is 1220 g/mol. The summed E-state index contributed by atoms with van der Waals surface area (Å²) in [7, 11) is -4.39. The van der Waals surface area contributed by atoms with E-state index in [-0.39, 0.29) is 38.6 Å². The molecule has 0 aromatic carbocycles. The van der Waals surface area contributed by atoms with Crippen molar-refractivity contribution in [3.63, 3.8) is 0 Å². The summed E-state index contributed by atoms with van der Waals surface area (Å²) >= 11 is 0. The highest BCUT2D eigenvalue weighted by Gasteiger charge is 2.26. The SMILES string of the molecule is CCCCCCC/C=C\C/C=C\C/C=C\CCCCCCCCCCCCCCCCCCCCCCCCC(=O)OC(COC(=O)CCCCCCCCCCCCCCCCCCCCCCCCCCCCC)COP(=O)(O)OCCN. The van der Waals surface area contributed by atoms with Crippen molar-refractivity contribution in [2.45, 2.75) is 405 Å². The molecule has 2 unspecified atom stereocenters. The Morgan fingerprint density at radius 3 is 0.906 bits per heavy atom. The average Bonchev–Trinajstić information content (AvgIpc) is 3.52. The van der Waals surface area contributed by atoms with Crippen LogP contribution in [0.3, 0.4) is 0 Å². The highest BCUT2D eigenvalue weighted by molar-refractivity contribution is 7.47. The minimum Gasteiger partial charge on any atom is -0.462 e. The number of unbranched alkanes of at least 4 members (excludes halogenated alkanes) is 53. The number of hydrogen-bond donors (Lipinski definition) is 2. The number of rotatable bonds is 72. The van der Waals surface area contributed by atoms with E-state index in [0.29, 0.717) is 6.42 Å². The van der Waals surface area contributed by atoms with Gasteiger partial charge in [-0.15, -0.1) is 0 Å². The third-order valence-corrected chi connectivity index (χ3v) is 18.0. The molecule has 9 nitrogen and oxygen atoms in total. The van der Waals surface area contributed by atoms with Crippen molar-refractivity contribution in [3.05, 3.63) is 36.5 Å². The van der Waals surface area contributed by atoms with Gasteiger partial charge in [-0.3, -0.25) is 18.6 Å². The molecule has 0 aromatic heterocycles. The second-order valence-corrected chi connectivity index (χ2v) is 27.0. The number of esters is 2. The number of carbonyl (C=O) groups is 2. The van der Waals surface area contributed by atoms with Crippen LogP contribution in [-0.2, 0) is 32.7 Å². The summed E-state index contributed by atoms with van der Waals surface area (Å²) in [6.07, 6.45) is 89.8. The lowest BCUT2D eigenvalue weighted by molar-refractivity contribution is -0.161. The van der Waals surface area contributed by atoms with E-state index in [0.717, 1.165) is 44.9 Å². The predicted molar refractivity (Wildman–Crippen MR) is 367 cm³/mol. The topological polar surface area (TPSA) is 134 Å². The fraction of sp³-hybridized carbons (Fsp3) is 0.893. The first-order valence-corrected chi connectivity index (χ1v) is 39.0. The quantitative estimate of drug-likeness (QED) is 0.0264. The van der Waals surface area contributed by atoms with Crippen molar-refractivity contribution in [1.29, 1.82) is 0 Å². The molecule has 0 aliphatic heterocycles. The van der Waals surface area contributed by atoms with Crippen molar-refractivity contribution in [2.75, 3.05) is 26.4 Å². The normalized spacial score (nSPS) is 13.0. The first-order chi connectivity index (χ1) is 41.8. The van der Waals surface area contributed by atoms with Gasteiger partial charge in [0.2, 0.25) is 0 Å². The van der Waals surface area contributed by atoms with Gasteiger partial charge in [0.05, 0.1) is 13.2 Å². The Balaban J connectivity index is 3.78. The monoisotopic (exact) mass is 1220 g/mol. The van der Waals surface area contributed by atoms with Crippen LogP contribution in [0.1, 0.15) is 399 Å². The van der Waals surface area contributed by atoms with Gasteiger partial charge in [-0.05, 0) is 51.4 Å². The van der Waals surface area contributed by atoms with Crippen LogP contribution in [0.5, 0.6) is 0 Å². The van der Waals surface area contributed by atoms with Gasteiger partial charge in [-0.2, -0.15) is 0 Å². The van der Waals surface area contributed by atoms with Crippen molar-refractivity contribution >= 4 is 19.8 Å². The molecule has 0 aliphatic rings. The molecule has 0 rings (SSSR count). The Morgan fingerprint density at radius 2 is 0.612 bits per heavy atom. The largest absolute Gasteiger partial charge is 0.472 e. The van der Waals surface area contributed by atoms with E-state index < -0.39 is 26.5 Å². The fourth-order valence-electron chi connectivity index (χ4n) is 11.5. The van der Waals surface area contributed by atoms with Gasteiger partial charge < -0.3 is 20.1 Å². The first kappa shape index (κ1) is 83.2. The van der Waals surface area contributed by atoms with E-state index in [4.69, 9.17) is 24.3 Å². The Labute approximate surface area is 528 Å². The van der Waals surface area contributed by atoms with E-state index in [2.05, 4.69) is 50.3 Å². The summed E-state index contributed by atoms with van der Waals surface area (Å²) in [5, 5.41) is 0. The summed E-state index contributed by atoms with van der Waals surface area (Å²) in [5.41, 5.74) is 5.41. The van der Waals surface area contributed by atoms with Gasteiger partial charge in [-0.1, -0.05) is 371 Å². The van der Waals surface area contributed by atoms with Crippen LogP contribution in [0.25, 0.3) is 0 Å². The lowest BCUT2D eigenvalue weighted by atomic mass is 10.0. The number of nitrogens with two attached hydrogens (primary N) is 1. The van der Waals surface area contributed by atoms with Gasteiger partial charge in [-0.25, -0.2) is 4.57 Å². The Kier molecular flexibility index (Phi) is 69.8. The van der Waals surface area contributed by atoms with Crippen LogP contribution in [0.15, 0.2) is 36.5 Å². The number of allylic oxidation sites excluding steroid dienone is 6. The van der Waals surface area contributed by atoms with E-state index >= 15 is 0 Å². The minimum atomic E-state index is -4.39. The highest BCUT2D eigenvalue weighted by Crippen LogP contribution is 2.43. The number of phosphoric ester groups is 1. The highest BCUT2D eigenvalue weighted by atomic mass is 31.2. The number of phosphoric acid groups is 1. The summed E-state index contributed by atoms with van der Waals surface area (Å²) in [4.78, 5) is 35.4. The van der Waals surface area contributed by atoms with E-state index in [9.17, 15) is 19.0 Å². The molecule has 0 aromatic rings. The molecule has 0 saturated heterocycles. The Morgan fingerprint density at radius 1 is 0.353 bits per heavy atom. The zero-order valence-corrected chi connectivity index (χ0v) is 57.5. The molecule has 0 heterocycles. The summed E-state index contributed by atoms with van der Waals surface area (Å²) in [5.74, 6) is -0.801. The van der Waals surface area contributed by atoms with Crippen LogP contribution < -0.4 is 5.73 Å². The fourth-order valence-corrected chi connectivity index (χ4v) is 12.2. The molecule has 3 N–H and O–H groups in total. The number of ether oxygens (including phenoxy) is 2. The molecule has 0 fully saturated rings. The second-order valence-electron chi connectivity index (χ2n) is 25.5. The van der Waals surface area contributed by atoms with E-state index in [1.165, 1.54) is 321 Å². The van der Waals surface area contributed by atoms with Gasteiger partial charge in [0.15, 0.2) is 6.10 Å². The zero-order valence-electron chi connectivity index (χ0n) is 56.6. The molecule has 0 saturated carbocycles. The third-order valence-electron chi connectivity index (χ3n) is 17.0. The second kappa shape index (κ2) is 71.3. The van der Waals surface area contributed by atoms with E-state index in [1.54, 1.807) is 0 Å². The van der Waals surface area contributed by atoms with Crippen molar-refractivity contribution in [2.24, 2.45) is 5.73 Å². The van der Waals surface area contributed by atoms with Crippen molar-refractivity contribution in [1.82, 2.24) is 0 Å². The predicted octanol–water partition coefficient (Wildman–Crippen LogP) is 24.6. The molecule has 0 radical (unpaired) electrons. The summed E-state index contributed by atoms with van der Waals surface area (Å²) in [6.45, 7) is 3.82. The molecule has 0 aliphatic carbocycles. The van der Waals surface area contributed by atoms with Gasteiger partial charge >= 0.3 is 19.8 Å². The van der Waals surface area contributed by atoms with E-state index in [1.807, 2.05) is 0 Å². The molecule has 10 heteroatoms. The van der Waals surface area contributed by atoms with Crippen LogP contribution in [0, 0.1) is 0 Å². The standard InChI is InChI=1S/C75H144NO8P/c1-3-5-7-9-11-13-15-17-19-21-23-25-27-29-31-32-33-34-35-36-37-38-39-40-42-44-46-48-50-52-54-56-58-60-62-64-66-68-75(78)84-73(72-83-85(79,80)82-70-69-76)71-81-74(77)67-65-63-61-59-57-55-53-51-49-47-45-43-41-30-28-26-24-22-20-18-16-14-12-10-8-6-4-2/h15,17,21,23,27,29,73H,3-14,16,18-20,22,24-26,28,30-72,76H2,1-2H3,(H,79,80)/b17-15-,23-21-,29-27-. The van der Waals surface area contributed by atoms with Gasteiger partial charge in [0.25, 0.3) is 0 Å². The molecule has 502 valence electrons. The van der Waals surface area contributed by atoms with Crippen LogP contribution in [-0.4, -0.2) is 49.3 Å². The number of carbonyl (C=O) groups excluding carboxylic acids is 2. The third kappa shape index (κ3) is 71.2. The van der Waals surface area contributed by atoms with Crippen LogP contribution >= 0.6 is 7.82 Å². The Hall–Kier alpha value is -1.77.